The summed E-state index contributed by atoms with van der Waals surface area (Å²) < 4.78 is 0. The van der Waals surface area contributed by atoms with E-state index in [1.807, 2.05) is 42.7 Å². The fourth-order valence-corrected chi connectivity index (χ4v) is 3.38. The predicted octanol–water partition coefficient (Wildman–Crippen LogP) is 4.67. The van der Waals surface area contributed by atoms with Gasteiger partial charge in [-0.15, -0.1) is 11.8 Å². The molecule has 1 aromatic heterocycles. The number of rotatable bonds is 5. The second kappa shape index (κ2) is 7.29. The lowest BCUT2D eigenvalue weighted by atomic mass is 10.3. The van der Waals surface area contributed by atoms with Crippen LogP contribution in [0.1, 0.15) is 0 Å². The maximum absolute atomic E-state index is 12.1. The summed E-state index contributed by atoms with van der Waals surface area (Å²) in [5, 5.41) is 4.25. The number of thioether (sulfide) groups is 2. The van der Waals surface area contributed by atoms with Crippen molar-refractivity contribution >= 4 is 57.8 Å². The third-order valence-electron chi connectivity index (χ3n) is 3.12. The summed E-state index contributed by atoms with van der Waals surface area (Å²) in [6, 6.07) is 13.2. The summed E-state index contributed by atoms with van der Waals surface area (Å²) in [6.07, 6.45) is 2.00. The molecule has 1 amide bonds. The van der Waals surface area contributed by atoms with Gasteiger partial charge in [-0.2, -0.15) is 0 Å². The number of nitrogens with one attached hydrogen (secondary N) is 2. The quantitative estimate of drug-likeness (QED) is 0.647. The SMILES string of the molecule is CSc1cccc(NC(=O)CSc2nc3ccc(Cl)cc3[nH]2)c1. The highest BCUT2D eigenvalue weighted by molar-refractivity contribution is 7.99. The monoisotopic (exact) mass is 363 g/mol. The fraction of sp³-hybridized carbons (Fsp3) is 0.125. The molecule has 0 spiro atoms. The van der Waals surface area contributed by atoms with Gasteiger partial charge in [0.15, 0.2) is 5.16 Å². The maximum atomic E-state index is 12.1. The number of imidazole rings is 1. The van der Waals surface area contributed by atoms with Crippen LogP contribution in [-0.2, 0) is 4.79 Å². The van der Waals surface area contributed by atoms with E-state index in [1.54, 1.807) is 17.8 Å². The zero-order chi connectivity index (χ0) is 16.2. The molecular weight excluding hydrogens is 350 g/mol. The van der Waals surface area contributed by atoms with Crippen LogP contribution in [0.4, 0.5) is 5.69 Å². The molecule has 3 rings (SSSR count). The van der Waals surface area contributed by atoms with E-state index in [9.17, 15) is 4.79 Å². The summed E-state index contributed by atoms with van der Waals surface area (Å²) in [4.78, 5) is 20.8. The van der Waals surface area contributed by atoms with Crippen LogP contribution >= 0.6 is 35.1 Å². The Labute approximate surface area is 147 Å². The number of halogens is 1. The summed E-state index contributed by atoms with van der Waals surface area (Å²) in [6.45, 7) is 0. The number of fused-ring (bicyclic) bond motifs is 1. The normalized spacial score (nSPS) is 10.9. The van der Waals surface area contributed by atoms with Gasteiger partial charge in [0.25, 0.3) is 0 Å². The lowest BCUT2D eigenvalue weighted by Gasteiger charge is -2.05. The summed E-state index contributed by atoms with van der Waals surface area (Å²) in [5.74, 6) is 0.226. The van der Waals surface area contributed by atoms with Crippen LogP contribution in [-0.4, -0.2) is 27.9 Å². The molecule has 2 N–H and O–H groups in total. The number of H-pyrrole nitrogens is 1. The van der Waals surface area contributed by atoms with Crippen LogP contribution in [0.2, 0.25) is 5.02 Å². The number of hydrogen-bond acceptors (Lipinski definition) is 4. The minimum atomic E-state index is -0.0632. The second-order valence-corrected chi connectivity index (χ2v) is 7.05. The van der Waals surface area contributed by atoms with Crippen molar-refractivity contribution in [3.05, 3.63) is 47.5 Å². The molecule has 3 aromatic rings. The first-order valence-corrected chi connectivity index (χ1v) is 9.45. The van der Waals surface area contributed by atoms with Gasteiger partial charge in [0.2, 0.25) is 5.91 Å². The highest BCUT2D eigenvalue weighted by Gasteiger charge is 2.08. The molecule has 1 heterocycles. The van der Waals surface area contributed by atoms with Crippen molar-refractivity contribution in [2.75, 3.05) is 17.3 Å². The van der Waals surface area contributed by atoms with Crippen LogP contribution < -0.4 is 5.32 Å². The average molecular weight is 364 g/mol. The summed E-state index contributed by atoms with van der Waals surface area (Å²) in [5.41, 5.74) is 2.51. The highest BCUT2D eigenvalue weighted by atomic mass is 35.5. The maximum Gasteiger partial charge on any atom is 0.234 e. The molecule has 7 heteroatoms. The van der Waals surface area contributed by atoms with E-state index in [1.165, 1.54) is 11.8 Å². The number of anilines is 1. The van der Waals surface area contributed by atoms with Gasteiger partial charge in [0.1, 0.15) is 0 Å². The van der Waals surface area contributed by atoms with Gasteiger partial charge in [0.05, 0.1) is 16.8 Å². The molecule has 0 aliphatic heterocycles. The number of aromatic nitrogens is 2. The lowest BCUT2D eigenvalue weighted by molar-refractivity contribution is -0.113. The van der Waals surface area contributed by atoms with Gasteiger partial charge in [0, 0.05) is 15.6 Å². The fourth-order valence-electron chi connectivity index (χ4n) is 2.06. The largest absolute Gasteiger partial charge is 0.333 e. The van der Waals surface area contributed by atoms with Gasteiger partial charge in [-0.05, 0) is 42.7 Å². The first kappa shape index (κ1) is 16.2. The van der Waals surface area contributed by atoms with E-state index in [0.29, 0.717) is 10.2 Å². The number of nitrogens with zero attached hydrogens (tertiary/aromatic N) is 1. The Morgan fingerprint density at radius 3 is 3.00 bits per heavy atom. The molecule has 23 heavy (non-hydrogen) atoms. The zero-order valence-corrected chi connectivity index (χ0v) is 14.7. The topological polar surface area (TPSA) is 57.8 Å². The van der Waals surface area contributed by atoms with Crippen molar-refractivity contribution in [2.45, 2.75) is 10.1 Å². The number of hydrogen-bond donors (Lipinski definition) is 2. The molecule has 0 radical (unpaired) electrons. The van der Waals surface area contributed by atoms with E-state index in [4.69, 9.17) is 11.6 Å². The van der Waals surface area contributed by atoms with Crippen molar-refractivity contribution in [3.63, 3.8) is 0 Å². The minimum Gasteiger partial charge on any atom is -0.333 e. The molecule has 4 nitrogen and oxygen atoms in total. The van der Waals surface area contributed by atoms with Crippen molar-refractivity contribution < 1.29 is 4.79 Å². The van der Waals surface area contributed by atoms with Crippen molar-refractivity contribution in [1.82, 2.24) is 9.97 Å². The Balaban J connectivity index is 1.61. The first-order chi connectivity index (χ1) is 11.1. The zero-order valence-electron chi connectivity index (χ0n) is 12.3. The smallest absolute Gasteiger partial charge is 0.234 e. The van der Waals surface area contributed by atoms with Crippen LogP contribution in [0.15, 0.2) is 52.5 Å². The molecule has 118 valence electrons. The Hall–Kier alpha value is -1.63. The number of amides is 1. The molecule has 2 aromatic carbocycles. The third-order valence-corrected chi connectivity index (χ3v) is 4.95. The Morgan fingerprint density at radius 2 is 2.17 bits per heavy atom. The van der Waals surface area contributed by atoms with Crippen LogP contribution in [0.3, 0.4) is 0 Å². The number of benzene rings is 2. The minimum absolute atomic E-state index is 0.0632. The predicted molar refractivity (Wildman–Crippen MR) is 98.7 cm³/mol. The van der Waals surface area contributed by atoms with Crippen LogP contribution in [0, 0.1) is 0 Å². The molecule has 0 aliphatic carbocycles. The van der Waals surface area contributed by atoms with Crippen molar-refractivity contribution in [3.8, 4) is 0 Å². The van der Waals surface area contributed by atoms with Gasteiger partial charge in [-0.3, -0.25) is 4.79 Å². The summed E-state index contributed by atoms with van der Waals surface area (Å²) in [7, 11) is 0. The lowest BCUT2D eigenvalue weighted by Crippen LogP contribution is -2.14. The third kappa shape index (κ3) is 4.22. The average Bonchev–Trinajstić information content (AvgIpc) is 2.95. The first-order valence-electron chi connectivity index (χ1n) is 6.86. The number of aromatic amines is 1. The van der Waals surface area contributed by atoms with E-state index in [2.05, 4.69) is 15.3 Å². The van der Waals surface area contributed by atoms with E-state index >= 15 is 0 Å². The van der Waals surface area contributed by atoms with Crippen LogP contribution in [0.25, 0.3) is 11.0 Å². The molecule has 0 saturated carbocycles. The van der Waals surface area contributed by atoms with E-state index < -0.39 is 0 Å². The molecule has 0 fully saturated rings. The van der Waals surface area contributed by atoms with Crippen LogP contribution in [0.5, 0.6) is 0 Å². The summed E-state index contributed by atoms with van der Waals surface area (Å²) >= 11 is 8.95. The van der Waals surface area contributed by atoms with Gasteiger partial charge in [-0.25, -0.2) is 4.98 Å². The Bertz CT molecular complexity index is 850. The van der Waals surface area contributed by atoms with E-state index in [0.717, 1.165) is 21.6 Å². The molecule has 0 aliphatic rings. The molecule has 0 saturated heterocycles. The standard InChI is InChI=1S/C16H14ClN3OS2/c1-22-12-4-2-3-11(8-12)18-15(21)9-23-16-19-13-6-5-10(17)7-14(13)20-16/h2-8H,9H2,1H3,(H,18,21)(H,19,20). The number of carbonyl (C=O) groups is 1. The molecule has 0 unspecified atom stereocenters. The van der Waals surface area contributed by atoms with Gasteiger partial charge in [-0.1, -0.05) is 29.4 Å². The number of carbonyl (C=O) groups excluding carboxylic acids is 1. The Kier molecular flexibility index (Phi) is 5.15. The van der Waals surface area contributed by atoms with Gasteiger partial charge < -0.3 is 10.3 Å². The Morgan fingerprint density at radius 1 is 1.30 bits per heavy atom. The van der Waals surface area contributed by atoms with Crippen molar-refractivity contribution in [1.29, 1.82) is 0 Å². The molecule has 0 atom stereocenters. The van der Waals surface area contributed by atoms with E-state index in [-0.39, 0.29) is 11.7 Å². The molecular formula is C16H14ClN3OS2. The highest BCUT2D eigenvalue weighted by Crippen LogP contribution is 2.23. The van der Waals surface area contributed by atoms with Gasteiger partial charge >= 0.3 is 0 Å². The molecule has 0 bridgehead atoms. The van der Waals surface area contributed by atoms with Crippen molar-refractivity contribution in [2.24, 2.45) is 0 Å². The second-order valence-electron chi connectivity index (χ2n) is 4.77.